The molecule has 2 aromatic heterocycles. The number of aromatic nitrogens is 2. The normalized spacial score (nSPS) is 19.9. The molecule has 0 bridgehead atoms. The van der Waals surface area contributed by atoms with Gasteiger partial charge in [-0.1, -0.05) is 30.3 Å². The van der Waals surface area contributed by atoms with Crippen molar-refractivity contribution in [3.63, 3.8) is 0 Å². The summed E-state index contributed by atoms with van der Waals surface area (Å²) in [5.74, 6) is 0.768. The highest BCUT2D eigenvalue weighted by molar-refractivity contribution is 7.15. The largest absolute Gasteiger partial charge is 0.349 e. The van der Waals surface area contributed by atoms with Crippen LogP contribution in [0.1, 0.15) is 53.0 Å². The summed E-state index contributed by atoms with van der Waals surface area (Å²) < 4.78 is 0. The lowest BCUT2D eigenvalue weighted by Gasteiger charge is -2.32. The van der Waals surface area contributed by atoms with E-state index in [0.29, 0.717) is 0 Å². The first-order chi connectivity index (χ1) is 18.2. The van der Waals surface area contributed by atoms with Gasteiger partial charge in [0.05, 0.1) is 11.2 Å². The van der Waals surface area contributed by atoms with Gasteiger partial charge in [-0.2, -0.15) is 0 Å². The number of benzene rings is 2. The topological polar surface area (TPSA) is 70.2 Å². The highest BCUT2D eigenvalue weighted by atomic mass is 32.1. The number of amides is 1. The Balaban J connectivity index is 0.962. The molecule has 2 N–H and O–H groups in total. The van der Waals surface area contributed by atoms with Gasteiger partial charge >= 0.3 is 0 Å². The third-order valence-electron chi connectivity index (χ3n) is 7.76. The number of nitrogens with zero attached hydrogens (tertiary/aromatic N) is 3. The van der Waals surface area contributed by atoms with Crippen molar-refractivity contribution in [3.8, 4) is 0 Å². The van der Waals surface area contributed by atoms with Gasteiger partial charge in [-0.25, -0.2) is 4.98 Å². The molecule has 1 saturated carbocycles. The van der Waals surface area contributed by atoms with Crippen molar-refractivity contribution in [2.45, 2.75) is 51.1 Å². The fraction of sp³-hybridized carbons (Fsp3) is 0.367. The van der Waals surface area contributed by atoms with Gasteiger partial charge in [-0.3, -0.25) is 14.7 Å². The number of anilines is 2. The molecule has 1 amide bonds. The van der Waals surface area contributed by atoms with E-state index in [2.05, 4.69) is 32.7 Å². The second kappa shape index (κ2) is 11.0. The van der Waals surface area contributed by atoms with Crippen LogP contribution >= 0.6 is 11.3 Å². The number of fused-ring (bicyclic) bond motifs is 2. The van der Waals surface area contributed by atoms with Crippen molar-refractivity contribution in [2.24, 2.45) is 5.92 Å². The second-order valence-corrected chi connectivity index (χ2v) is 11.3. The van der Waals surface area contributed by atoms with E-state index < -0.39 is 0 Å². The van der Waals surface area contributed by atoms with Crippen LogP contribution in [0.25, 0.3) is 10.9 Å². The quantitative estimate of drug-likeness (QED) is 0.310. The zero-order valence-corrected chi connectivity index (χ0v) is 21.8. The molecule has 0 spiro atoms. The van der Waals surface area contributed by atoms with Crippen LogP contribution in [0.5, 0.6) is 0 Å². The molecule has 0 unspecified atom stereocenters. The molecule has 6 nitrogen and oxygen atoms in total. The van der Waals surface area contributed by atoms with Gasteiger partial charge in [-0.05, 0) is 74.9 Å². The Labute approximate surface area is 222 Å². The summed E-state index contributed by atoms with van der Waals surface area (Å²) in [7, 11) is 0. The summed E-state index contributed by atoms with van der Waals surface area (Å²) in [5.41, 5.74) is 3.94. The van der Waals surface area contributed by atoms with Gasteiger partial charge in [0, 0.05) is 53.3 Å². The van der Waals surface area contributed by atoms with E-state index in [1.807, 2.05) is 48.5 Å². The smallest absolute Gasteiger partial charge is 0.252 e. The standard InChI is InChI=1S/C30H33N5OS/c36-29(25-8-4-10-26-24(25)9-5-17-31-26)32-23-13-11-21(12-14-23)15-18-35-19-16-27-28(20-35)37-30(34-27)33-22-6-2-1-3-7-22/h1-10,17,21,23H,11-16,18-20H2,(H,32,36)(H,33,34)/t21-,23-. The van der Waals surface area contributed by atoms with E-state index >= 15 is 0 Å². The maximum absolute atomic E-state index is 13.0. The van der Waals surface area contributed by atoms with E-state index in [9.17, 15) is 4.79 Å². The number of hydrogen-bond donors (Lipinski definition) is 2. The SMILES string of the molecule is O=C(N[C@H]1CC[C@H](CCN2CCc3nc(Nc4ccccc4)sc3C2)CC1)c1cccc2ncccc12. The maximum Gasteiger partial charge on any atom is 0.252 e. The van der Waals surface area contributed by atoms with Gasteiger partial charge in [0.25, 0.3) is 5.91 Å². The zero-order chi connectivity index (χ0) is 25.0. The fourth-order valence-corrected chi connectivity index (χ4v) is 6.73. The number of nitrogens with one attached hydrogen (secondary N) is 2. The summed E-state index contributed by atoms with van der Waals surface area (Å²) in [6.07, 6.45) is 8.54. The first-order valence-electron chi connectivity index (χ1n) is 13.4. The molecule has 4 aromatic rings. The molecular weight excluding hydrogens is 478 g/mol. The van der Waals surface area contributed by atoms with Gasteiger partial charge in [0.1, 0.15) is 0 Å². The lowest BCUT2D eigenvalue weighted by atomic mass is 9.84. The Bertz CT molecular complexity index is 1360. The van der Waals surface area contributed by atoms with Crippen molar-refractivity contribution in [1.82, 2.24) is 20.2 Å². The van der Waals surface area contributed by atoms with E-state index in [1.54, 1.807) is 17.5 Å². The Morgan fingerprint density at radius 3 is 2.73 bits per heavy atom. The van der Waals surface area contributed by atoms with Crippen molar-refractivity contribution >= 4 is 39.0 Å². The first kappa shape index (κ1) is 24.1. The predicted octanol–water partition coefficient (Wildman–Crippen LogP) is 6.17. The Hall–Kier alpha value is -3.29. The second-order valence-electron chi connectivity index (χ2n) is 10.3. The lowest BCUT2D eigenvalue weighted by molar-refractivity contribution is 0.0921. The number of carbonyl (C=O) groups is 1. The molecule has 1 fully saturated rings. The predicted molar refractivity (Wildman–Crippen MR) is 150 cm³/mol. The molecule has 1 aliphatic carbocycles. The minimum absolute atomic E-state index is 0.0249. The van der Waals surface area contributed by atoms with Crippen molar-refractivity contribution < 1.29 is 4.79 Å². The van der Waals surface area contributed by atoms with Crippen LogP contribution in [-0.2, 0) is 13.0 Å². The van der Waals surface area contributed by atoms with Crippen molar-refractivity contribution in [1.29, 1.82) is 0 Å². The monoisotopic (exact) mass is 511 g/mol. The Morgan fingerprint density at radius 2 is 1.86 bits per heavy atom. The summed E-state index contributed by atoms with van der Waals surface area (Å²) in [5, 5.41) is 8.67. The van der Waals surface area contributed by atoms with Gasteiger partial charge in [0.15, 0.2) is 5.13 Å². The summed E-state index contributed by atoms with van der Waals surface area (Å²) in [6.45, 7) is 3.24. The van der Waals surface area contributed by atoms with Crippen molar-refractivity contribution in [3.05, 3.63) is 83.0 Å². The molecule has 2 aliphatic rings. The number of rotatable bonds is 7. The van der Waals surface area contributed by atoms with Gasteiger partial charge in [0.2, 0.25) is 0 Å². The number of pyridine rings is 1. The van der Waals surface area contributed by atoms with Crippen LogP contribution in [0.2, 0.25) is 0 Å². The highest BCUT2D eigenvalue weighted by Crippen LogP contribution is 2.32. The van der Waals surface area contributed by atoms with Crippen LogP contribution in [0.3, 0.4) is 0 Å². The van der Waals surface area contributed by atoms with Gasteiger partial charge in [-0.15, -0.1) is 11.3 Å². The van der Waals surface area contributed by atoms with Crippen molar-refractivity contribution in [2.75, 3.05) is 18.4 Å². The molecule has 2 aromatic carbocycles. The summed E-state index contributed by atoms with van der Waals surface area (Å²) in [4.78, 5) is 26.2. The first-order valence-corrected chi connectivity index (χ1v) is 14.2. The third-order valence-corrected chi connectivity index (χ3v) is 8.76. The molecular formula is C30H33N5OS. The van der Waals surface area contributed by atoms with Crippen LogP contribution in [0, 0.1) is 5.92 Å². The molecule has 0 saturated heterocycles. The van der Waals surface area contributed by atoms with Crippen LogP contribution in [-0.4, -0.2) is 39.9 Å². The minimum atomic E-state index is 0.0249. The number of hydrogen-bond acceptors (Lipinski definition) is 6. The van der Waals surface area contributed by atoms with Crippen LogP contribution in [0.15, 0.2) is 66.9 Å². The van der Waals surface area contributed by atoms with E-state index in [-0.39, 0.29) is 11.9 Å². The molecule has 0 atom stereocenters. The van der Waals surface area contributed by atoms with E-state index in [0.717, 1.165) is 72.1 Å². The fourth-order valence-electron chi connectivity index (χ4n) is 5.66. The van der Waals surface area contributed by atoms with E-state index in [4.69, 9.17) is 4.98 Å². The third kappa shape index (κ3) is 5.68. The Kier molecular flexibility index (Phi) is 7.15. The molecule has 37 heavy (non-hydrogen) atoms. The average Bonchev–Trinajstić information content (AvgIpc) is 3.34. The summed E-state index contributed by atoms with van der Waals surface area (Å²) in [6, 6.07) is 20.2. The van der Waals surface area contributed by atoms with E-state index in [1.165, 1.54) is 29.8 Å². The Morgan fingerprint density at radius 1 is 1.00 bits per heavy atom. The molecule has 7 heteroatoms. The molecule has 6 rings (SSSR count). The lowest BCUT2D eigenvalue weighted by Crippen LogP contribution is -2.38. The van der Waals surface area contributed by atoms with Crippen LogP contribution in [0.4, 0.5) is 10.8 Å². The van der Waals surface area contributed by atoms with Gasteiger partial charge < -0.3 is 10.6 Å². The molecule has 0 radical (unpaired) electrons. The minimum Gasteiger partial charge on any atom is -0.349 e. The molecule has 1 aliphatic heterocycles. The maximum atomic E-state index is 13.0. The molecule has 190 valence electrons. The average molecular weight is 512 g/mol. The molecule has 3 heterocycles. The number of para-hydroxylation sites is 1. The highest BCUT2D eigenvalue weighted by Gasteiger charge is 2.25. The van der Waals surface area contributed by atoms with Crippen LogP contribution < -0.4 is 10.6 Å². The number of carbonyl (C=O) groups excluding carboxylic acids is 1. The summed E-state index contributed by atoms with van der Waals surface area (Å²) >= 11 is 1.79. The number of thiazole rings is 1. The zero-order valence-electron chi connectivity index (χ0n) is 21.0.